The molecule has 0 bridgehead atoms. The van der Waals surface area contributed by atoms with Crippen molar-refractivity contribution in [3.63, 3.8) is 0 Å². The van der Waals surface area contributed by atoms with Crippen molar-refractivity contribution in [2.75, 3.05) is 11.8 Å². The molecule has 0 fully saturated rings. The summed E-state index contributed by atoms with van der Waals surface area (Å²) in [5.41, 5.74) is 2.73. The summed E-state index contributed by atoms with van der Waals surface area (Å²) in [4.78, 5) is 20.9. The molecular weight excluding hydrogens is 498 g/mol. The Balaban J connectivity index is 1.57. The summed E-state index contributed by atoms with van der Waals surface area (Å²) >= 11 is 0. The fourth-order valence-corrected chi connectivity index (χ4v) is 5.85. The summed E-state index contributed by atoms with van der Waals surface area (Å²) < 4.78 is 34.9. The molecule has 0 spiro atoms. The van der Waals surface area contributed by atoms with Gasteiger partial charge in [0, 0.05) is 34.1 Å². The third kappa shape index (κ3) is 4.67. The molecule has 0 aliphatic carbocycles. The number of para-hydroxylation sites is 1. The zero-order valence-electron chi connectivity index (χ0n) is 20.7. The first-order valence-corrected chi connectivity index (χ1v) is 13.4. The van der Waals surface area contributed by atoms with E-state index in [0.29, 0.717) is 39.7 Å². The summed E-state index contributed by atoms with van der Waals surface area (Å²) in [7, 11) is -2.68. The maximum atomic E-state index is 13.7. The van der Waals surface area contributed by atoms with Gasteiger partial charge in [0.2, 0.25) is 0 Å². The lowest BCUT2D eigenvalue weighted by Crippen LogP contribution is -2.16. The van der Waals surface area contributed by atoms with Gasteiger partial charge < -0.3 is 4.74 Å². The molecule has 0 atom stereocenters. The Morgan fingerprint density at radius 2 is 1.63 bits per heavy atom. The van der Waals surface area contributed by atoms with Crippen LogP contribution in [-0.4, -0.2) is 31.5 Å². The predicted molar refractivity (Wildman–Crippen MR) is 147 cm³/mol. The number of sulfonamides is 1. The normalized spacial score (nSPS) is 11.1. The fraction of sp³-hybridized carbons (Fsp3) is 0.100. The van der Waals surface area contributed by atoms with E-state index in [9.17, 15) is 13.2 Å². The van der Waals surface area contributed by atoms with E-state index in [1.54, 1.807) is 42.6 Å². The lowest BCUT2D eigenvalue weighted by atomic mass is 10.0. The second kappa shape index (κ2) is 10.3. The molecule has 0 unspecified atom stereocenters. The average Bonchev–Trinajstić information content (AvgIpc) is 2.95. The summed E-state index contributed by atoms with van der Waals surface area (Å²) in [6, 6.07) is 21.5. The van der Waals surface area contributed by atoms with Gasteiger partial charge >= 0.3 is 5.97 Å². The van der Waals surface area contributed by atoms with Gasteiger partial charge in [-0.15, -0.1) is 0 Å². The van der Waals surface area contributed by atoms with E-state index >= 15 is 0 Å². The standard InChI is InChI=1S/C30H23N3O4S/c1-3-20-14-16-22-10-8-18-31-27(22)29(20)38(35,36)33-26-13-7-4-9-21(26)15-17-23-19-32-28(30(34)37-2)25-12-6-5-11-24(23)25/h4-14,16,18-19,33H,3H2,1-2H3. The number of nitrogens with one attached hydrogen (secondary N) is 1. The molecule has 0 aliphatic rings. The van der Waals surface area contributed by atoms with Gasteiger partial charge in [0.15, 0.2) is 5.69 Å². The molecule has 2 heterocycles. The highest BCUT2D eigenvalue weighted by Crippen LogP contribution is 2.29. The van der Waals surface area contributed by atoms with Gasteiger partial charge in [-0.05, 0) is 30.2 Å². The van der Waals surface area contributed by atoms with E-state index in [2.05, 4.69) is 26.5 Å². The molecule has 0 amide bonds. The van der Waals surface area contributed by atoms with E-state index in [-0.39, 0.29) is 10.6 Å². The van der Waals surface area contributed by atoms with Crippen LogP contribution < -0.4 is 4.72 Å². The number of hydrogen-bond acceptors (Lipinski definition) is 6. The molecule has 5 rings (SSSR count). The Hall–Kier alpha value is -4.74. The van der Waals surface area contributed by atoms with E-state index in [1.807, 2.05) is 43.3 Å². The Bertz CT molecular complexity index is 1870. The maximum absolute atomic E-state index is 13.7. The quantitative estimate of drug-likeness (QED) is 0.248. The minimum Gasteiger partial charge on any atom is -0.464 e. The number of ether oxygens (including phenoxy) is 1. The number of aromatic nitrogens is 2. The average molecular weight is 522 g/mol. The number of carbonyl (C=O) groups excluding carboxylic acids is 1. The zero-order valence-corrected chi connectivity index (χ0v) is 21.5. The summed E-state index contributed by atoms with van der Waals surface area (Å²) in [6.45, 7) is 1.91. The first kappa shape index (κ1) is 24.9. The molecule has 2 aromatic heterocycles. The largest absolute Gasteiger partial charge is 0.464 e. The Labute approximate surface area is 220 Å². The highest BCUT2D eigenvalue weighted by Gasteiger charge is 2.23. The Kier molecular flexibility index (Phi) is 6.77. The van der Waals surface area contributed by atoms with Crippen LogP contribution in [0.4, 0.5) is 5.69 Å². The van der Waals surface area contributed by atoms with Crippen LogP contribution in [0.1, 0.15) is 34.1 Å². The first-order valence-electron chi connectivity index (χ1n) is 11.9. The van der Waals surface area contributed by atoms with Gasteiger partial charge in [-0.25, -0.2) is 18.2 Å². The van der Waals surface area contributed by atoms with Crippen molar-refractivity contribution >= 4 is 43.4 Å². The second-order valence-electron chi connectivity index (χ2n) is 8.44. The van der Waals surface area contributed by atoms with Crippen LogP contribution in [-0.2, 0) is 21.2 Å². The molecule has 8 heteroatoms. The Morgan fingerprint density at radius 3 is 2.42 bits per heavy atom. The van der Waals surface area contributed by atoms with Crippen molar-refractivity contribution in [1.29, 1.82) is 0 Å². The van der Waals surface area contributed by atoms with E-state index in [0.717, 1.165) is 10.8 Å². The summed E-state index contributed by atoms with van der Waals surface area (Å²) in [5, 5.41) is 2.10. The number of pyridine rings is 2. The van der Waals surface area contributed by atoms with Crippen molar-refractivity contribution in [1.82, 2.24) is 9.97 Å². The SMILES string of the molecule is CCc1ccc2cccnc2c1S(=O)(=O)Nc1ccccc1C#Cc1cnc(C(=O)OC)c2ccccc12. The summed E-state index contributed by atoms with van der Waals surface area (Å²) in [6.07, 6.45) is 3.64. The number of esters is 1. The van der Waals surface area contributed by atoms with Crippen molar-refractivity contribution < 1.29 is 17.9 Å². The monoisotopic (exact) mass is 521 g/mol. The number of nitrogens with zero attached hydrogens (tertiary/aromatic N) is 2. The van der Waals surface area contributed by atoms with Crippen molar-refractivity contribution in [2.24, 2.45) is 0 Å². The van der Waals surface area contributed by atoms with Crippen LogP contribution in [0.25, 0.3) is 21.7 Å². The first-order chi connectivity index (χ1) is 18.4. The van der Waals surface area contributed by atoms with Crippen molar-refractivity contribution in [3.05, 3.63) is 108 Å². The molecule has 7 nitrogen and oxygen atoms in total. The smallest absolute Gasteiger partial charge is 0.357 e. The van der Waals surface area contributed by atoms with Gasteiger partial charge in [-0.3, -0.25) is 9.71 Å². The van der Waals surface area contributed by atoms with Gasteiger partial charge in [-0.1, -0.05) is 73.4 Å². The van der Waals surface area contributed by atoms with Crippen molar-refractivity contribution in [3.8, 4) is 11.8 Å². The van der Waals surface area contributed by atoms with Crippen LogP contribution in [0, 0.1) is 11.8 Å². The molecule has 0 radical (unpaired) electrons. The molecule has 0 aliphatic heterocycles. The number of fused-ring (bicyclic) bond motifs is 2. The van der Waals surface area contributed by atoms with Crippen LogP contribution in [0.2, 0.25) is 0 Å². The second-order valence-corrected chi connectivity index (χ2v) is 10.1. The number of aryl methyl sites for hydroxylation is 1. The van der Waals surface area contributed by atoms with Crippen LogP contribution in [0.5, 0.6) is 0 Å². The number of methoxy groups -OCH3 is 1. The van der Waals surface area contributed by atoms with E-state index in [4.69, 9.17) is 4.74 Å². The lowest BCUT2D eigenvalue weighted by Gasteiger charge is -2.14. The number of rotatable bonds is 5. The third-order valence-corrected chi connectivity index (χ3v) is 7.62. The fourth-order valence-electron chi connectivity index (χ4n) is 4.30. The van der Waals surface area contributed by atoms with Gasteiger partial charge in [-0.2, -0.15) is 0 Å². The van der Waals surface area contributed by atoms with Crippen LogP contribution in [0.3, 0.4) is 0 Å². The summed E-state index contributed by atoms with van der Waals surface area (Å²) in [5.74, 6) is 5.64. The molecular formula is C30H23N3O4S. The van der Waals surface area contributed by atoms with Crippen molar-refractivity contribution in [2.45, 2.75) is 18.2 Å². The number of anilines is 1. The highest BCUT2D eigenvalue weighted by atomic mass is 32.2. The number of hydrogen-bond donors (Lipinski definition) is 1. The van der Waals surface area contributed by atoms with Gasteiger partial charge in [0.05, 0.1) is 23.9 Å². The molecule has 0 saturated carbocycles. The topological polar surface area (TPSA) is 98.3 Å². The van der Waals surface area contributed by atoms with Crippen LogP contribution >= 0.6 is 0 Å². The molecule has 0 saturated heterocycles. The van der Waals surface area contributed by atoms with Gasteiger partial charge in [0.1, 0.15) is 4.90 Å². The molecule has 1 N–H and O–H groups in total. The van der Waals surface area contributed by atoms with Gasteiger partial charge in [0.25, 0.3) is 10.0 Å². The number of carbonyl (C=O) groups is 1. The lowest BCUT2D eigenvalue weighted by molar-refractivity contribution is 0.0596. The minimum atomic E-state index is -3.98. The van der Waals surface area contributed by atoms with Crippen LogP contribution in [0.15, 0.2) is 90.1 Å². The zero-order chi connectivity index (χ0) is 26.7. The minimum absolute atomic E-state index is 0.162. The molecule has 38 heavy (non-hydrogen) atoms. The third-order valence-electron chi connectivity index (χ3n) is 6.14. The van der Waals surface area contributed by atoms with E-state index in [1.165, 1.54) is 13.3 Å². The molecule has 188 valence electrons. The Morgan fingerprint density at radius 1 is 0.895 bits per heavy atom. The number of benzene rings is 3. The maximum Gasteiger partial charge on any atom is 0.357 e. The highest BCUT2D eigenvalue weighted by molar-refractivity contribution is 7.93. The molecule has 3 aromatic carbocycles. The predicted octanol–water partition coefficient (Wildman–Crippen LogP) is 5.33. The molecule has 5 aromatic rings. The van der Waals surface area contributed by atoms with E-state index < -0.39 is 16.0 Å².